The summed E-state index contributed by atoms with van der Waals surface area (Å²) in [6.45, 7) is 10.8. The number of amides is 1. The first kappa shape index (κ1) is 24.8. The highest BCUT2D eigenvalue weighted by molar-refractivity contribution is 7.98. The Morgan fingerprint density at radius 1 is 0.939 bits per heavy atom. The molecular formula is C27H34N4OS. The SMILES string of the molecule is CC(C)CN(CC(C)C)c1ccc(SCc2ccccc2)cc1NC(=O)Cc1cncnc1. The zero-order chi connectivity index (χ0) is 23.6. The molecular weight excluding hydrogens is 428 g/mol. The molecule has 0 aliphatic heterocycles. The second kappa shape index (κ2) is 12.4. The largest absolute Gasteiger partial charge is 0.369 e. The van der Waals surface area contributed by atoms with E-state index in [2.05, 4.69) is 90.3 Å². The third-order valence-corrected chi connectivity index (χ3v) is 6.05. The molecule has 0 saturated heterocycles. The Hall–Kier alpha value is -2.86. The highest BCUT2D eigenvalue weighted by Gasteiger charge is 2.17. The van der Waals surface area contributed by atoms with Gasteiger partial charge in [-0.2, -0.15) is 0 Å². The zero-order valence-corrected chi connectivity index (χ0v) is 20.8. The highest BCUT2D eigenvalue weighted by Crippen LogP contribution is 2.33. The fraction of sp³-hybridized carbons (Fsp3) is 0.370. The van der Waals surface area contributed by atoms with Crippen LogP contribution in [-0.4, -0.2) is 29.0 Å². The molecule has 0 saturated carbocycles. The van der Waals surface area contributed by atoms with Crippen molar-refractivity contribution in [1.29, 1.82) is 0 Å². The number of thioether (sulfide) groups is 1. The van der Waals surface area contributed by atoms with Crippen molar-refractivity contribution in [3.05, 3.63) is 78.4 Å². The average molecular weight is 463 g/mol. The summed E-state index contributed by atoms with van der Waals surface area (Å²) in [6.07, 6.45) is 5.09. The number of carbonyl (C=O) groups excluding carboxylic acids is 1. The van der Waals surface area contributed by atoms with E-state index in [0.717, 1.165) is 40.7 Å². The summed E-state index contributed by atoms with van der Waals surface area (Å²) in [5.74, 6) is 1.85. The van der Waals surface area contributed by atoms with Gasteiger partial charge in [-0.15, -0.1) is 11.8 Å². The summed E-state index contributed by atoms with van der Waals surface area (Å²) in [5.41, 5.74) is 4.00. The smallest absolute Gasteiger partial charge is 0.228 e. The molecule has 0 fully saturated rings. The molecule has 33 heavy (non-hydrogen) atoms. The number of carbonyl (C=O) groups is 1. The van der Waals surface area contributed by atoms with Crippen molar-refractivity contribution in [2.24, 2.45) is 11.8 Å². The van der Waals surface area contributed by atoms with E-state index < -0.39 is 0 Å². The van der Waals surface area contributed by atoms with Crippen molar-refractivity contribution in [1.82, 2.24) is 9.97 Å². The summed E-state index contributed by atoms with van der Waals surface area (Å²) >= 11 is 1.78. The minimum absolute atomic E-state index is 0.0645. The second-order valence-electron chi connectivity index (χ2n) is 9.12. The van der Waals surface area contributed by atoms with Gasteiger partial charge < -0.3 is 10.2 Å². The Kier molecular flexibility index (Phi) is 9.31. The average Bonchev–Trinajstić information content (AvgIpc) is 2.78. The molecule has 6 heteroatoms. The third kappa shape index (κ3) is 8.21. The maximum atomic E-state index is 12.9. The second-order valence-corrected chi connectivity index (χ2v) is 10.2. The van der Waals surface area contributed by atoms with E-state index in [1.807, 2.05) is 6.07 Å². The van der Waals surface area contributed by atoms with E-state index in [-0.39, 0.29) is 12.3 Å². The summed E-state index contributed by atoms with van der Waals surface area (Å²) in [5, 5.41) is 3.18. The van der Waals surface area contributed by atoms with Crippen LogP contribution in [0.5, 0.6) is 0 Å². The van der Waals surface area contributed by atoms with Crippen LogP contribution < -0.4 is 10.2 Å². The van der Waals surface area contributed by atoms with Gasteiger partial charge in [0.25, 0.3) is 0 Å². The van der Waals surface area contributed by atoms with E-state index in [1.165, 1.54) is 11.9 Å². The molecule has 1 N–H and O–H groups in total. The topological polar surface area (TPSA) is 58.1 Å². The van der Waals surface area contributed by atoms with Crippen molar-refractivity contribution < 1.29 is 4.79 Å². The fourth-order valence-corrected chi connectivity index (χ4v) is 4.57. The number of benzene rings is 2. The van der Waals surface area contributed by atoms with Crippen LogP contribution in [0.1, 0.15) is 38.8 Å². The normalized spacial score (nSPS) is 11.1. The lowest BCUT2D eigenvalue weighted by Gasteiger charge is -2.30. The van der Waals surface area contributed by atoms with Gasteiger partial charge >= 0.3 is 0 Å². The van der Waals surface area contributed by atoms with E-state index >= 15 is 0 Å². The first-order valence-corrected chi connectivity index (χ1v) is 12.5. The van der Waals surface area contributed by atoms with Crippen molar-refractivity contribution in [2.75, 3.05) is 23.3 Å². The fourth-order valence-electron chi connectivity index (χ4n) is 3.68. The number of anilines is 2. The number of rotatable bonds is 11. The zero-order valence-electron chi connectivity index (χ0n) is 20.0. The van der Waals surface area contributed by atoms with Crippen LogP contribution in [0.3, 0.4) is 0 Å². The van der Waals surface area contributed by atoms with E-state index in [1.54, 1.807) is 24.2 Å². The Labute approximate surface area is 202 Å². The van der Waals surface area contributed by atoms with Gasteiger partial charge in [0.15, 0.2) is 0 Å². The number of hydrogen-bond acceptors (Lipinski definition) is 5. The Balaban J connectivity index is 1.85. The van der Waals surface area contributed by atoms with Crippen LogP contribution in [0.15, 0.2) is 72.1 Å². The molecule has 0 bridgehead atoms. The minimum Gasteiger partial charge on any atom is -0.369 e. The van der Waals surface area contributed by atoms with Crippen LogP contribution in [0.4, 0.5) is 11.4 Å². The number of nitrogens with one attached hydrogen (secondary N) is 1. The maximum absolute atomic E-state index is 12.9. The van der Waals surface area contributed by atoms with E-state index in [9.17, 15) is 4.79 Å². The maximum Gasteiger partial charge on any atom is 0.228 e. The molecule has 1 heterocycles. The molecule has 3 rings (SSSR count). The molecule has 0 atom stereocenters. The number of nitrogens with zero attached hydrogens (tertiary/aromatic N) is 3. The molecule has 0 radical (unpaired) electrons. The van der Waals surface area contributed by atoms with Crippen molar-refractivity contribution >= 4 is 29.0 Å². The molecule has 174 valence electrons. The van der Waals surface area contributed by atoms with E-state index in [4.69, 9.17) is 0 Å². The van der Waals surface area contributed by atoms with Gasteiger partial charge in [0, 0.05) is 36.1 Å². The van der Waals surface area contributed by atoms with Crippen LogP contribution >= 0.6 is 11.8 Å². The molecule has 5 nitrogen and oxygen atoms in total. The van der Waals surface area contributed by atoms with Crippen molar-refractivity contribution in [3.8, 4) is 0 Å². The summed E-state index contributed by atoms with van der Waals surface area (Å²) in [7, 11) is 0. The lowest BCUT2D eigenvalue weighted by molar-refractivity contribution is -0.115. The van der Waals surface area contributed by atoms with Gasteiger partial charge in [-0.1, -0.05) is 58.0 Å². The molecule has 2 aromatic carbocycles. The Morgan fingerprint density at radius 3 is 2.24 bits per heavy atom. The van der Waals surface area contributed by atoms with Crippen LogP contribution in [0, 0.1) is 11.8 Å². The van der Waals surface area contributed by atoms with Crippen LogP contribution in [0.25, 0.3) is 0 Å². The molecule has 3 aromatic rings. The van der Waals surface area contributed by atoms with Crippen LogP contribution in [0.2, 0.25) is 0 Å². The predicted molar refractivity (Wildman–Crippen MR) is 139 cm³/mol. The summed E-state index contributed by atoms with van der Waals surface area (Å²) < 4.78 is 0. The molecule has 0 unspecified atom stereocenters. The van der Waals surface area contributed by atoms with Gasteiger partial charge in [0.1, 0.15) is 6.33 Å². The Morgan fingerprint density at radius 2 is 1.61 bits per heavy atom. The number of aromatic nitrogens is 2. The minimum atomic E-state index is -0.0645. The van der Waals surface area contributed by atoms with Gasteiger partial charge in [0.05, 0.1) is 17.8 Å². The third-order valence-electron chi connectivity index (χ3n) is 4.98. The van der Waals surface area contributed by atoms with E-state index in [0.29, 0.717) is 11.8 Å². The highest BCUT2D eigenvalue weighted by atomic mass is 32.2. The van der Waals surface area contributed by atoms with Gasteiger partial charge in [-0.25, -0.2) is 9.97 Å². The standard InChI is InChI=1S/C27H34N4OS/c1-20(2)16-31(17-21(3)4)26-11-10-24(33-18-22-8-6-5-7-9-22)13-25(26)30-27(32)12-23-14-28-19-29-15-23/h5-11,13-15,19-21H,12,16-18H2,1-4H3,(H,30,32). The molecule has 1 amide bonds. The first-order valence-electron chi connectivity index (χ1n) is 11.5. The van der Waals surface area contributed by atoms with Gasteiger partial charge in [0.2, 0.25) is 5.91 Å². The Bertz CT molecular complexity index is 999. The lowest BCUT2D eigenvalue weighted by Crippen LogP contribution is -2.32. The molecule has 0 aliphatic carbocycles. The molecule has 0 spiro atoms. The van der Waals surface area contributed by atoms with Gasteiger partial charge in [-0.3, -0.25) is 4.79 Å². The van der Waals surface area contributed by atoms with Gasteiger partial charge in [-0.05, 0) is 41.2 Å². The number of hydrogen-bond donors (Lipinski definition) is 1. The van der Waals surface area contributed by atoms with Crippen molar-refractivity contribution in [3.63, 3.8) is 0 Å². The lowest BCUT2D eigenvalue weighted by atomic mass is 10.1. The molecule has 1 aromatic heterocycles. The quantitative estimate of drug-likeness (QED) is 0.351. The van der Waals surface area contributed by atoms with Crippen molar-refractivity contribution in [2.45, 2.75) is 44.8 Å². The predicted octanol–water partition coefficient (Wildman–Crippen LogP) is 6.07. The summed E-state index contributed by atoms with van der Waals surface area (Å²) in [4.78, 5) is 24.5. The summed E-state index contributed by atoms with van der Waals surface area (Å²) in [6, 6.07) is 16.9. The first-order chi connectivity index (χ1) is 15.9. The monoisotopic (exact) mass is 462 g/mol. The van der Waals surface area contributed by atoms with Crippen LogP contribution in [-0.2, 0) is 17.0 Å². The molecule has 0 aliphatic rings.